The van der Waals surface area contributed by atoms with Gasteiger partial charge in [0.25, 0.3) is 0 Å². The summed E-state index contributed by atoms with van der Waals surface area (Å²) in [5, 5.41) is 2.96. The first-order valence-electron chi connectivity index (χ1n) is 8.20. The minimum atomic E-state index is -0.0546. The van der Waals surface area contributed by atoms with Crippen molar-refractivity contribution in [3.05, 3.63) is 48.8 Å². The highest BCUT2D eigenvalue weighted by Gasteiger charge is 2.26. The summed E-state index contributed by atoms with van der Waals surface area (Å²) in [6.45, 7) is 2.87. The van der Waals surface area contributed by atoms with Crippen molar-refractivity contribution in [2.24, 2.45) is 5.92 Å². The summed E-state index contributed by atoms with van der Waals surface area (Å²) in [7, 11) is 0. The summed E-state index contributed by atoms with van der Waals surface area (Å²) < 4.78 is 0. The highest BCUT2D eigenvalue weighted by Crippen LogP contribution is 2.23. The number of hydrogen-bond donors (Lipinski definition) is 1. The Morgan fingerprint density at radius 1 is 1.08 bits per heavy atom. The lowest BCUT2D eigenvalue weighted by molar-refractivity contribution is -0.132. The second-order valence-electron chi connectivity index (χ2n) is 6.10. The smallest absolute Gasteiger partial charge is 0.227 e. The average molecular weight is 323 g/mol. The number of carbonyl (C=O) groups excluding carboxylic acids is 2. The third-order valence-corrected chi connectivity index (χ3v) is 4.42. The largest absolute Gasteiger partial charge is 0.343 e. The number of anilines is 1. The number of nitrogens with zero attached hydrogens (tertiary/aromatic N) is 2. The molecule has 0 aliphatic carbocycles. The van der Waals surface area contributed by atoms with Gasteiger partial charge in [-0.25, -0.2) is 0 Å². The Kier molecular flexibility index (Phi) is 4.89. The summed E-state index contributed by atoms with van der Waals surface area (Å²) in [5.74, 6) is 0.0276. The van der Waals surface area contributed by atoms with Crippen LogP contribution in [0.15, 0.2) is 48.8 Å². The van der Waals surface area contributed by atoms with E-state index in [2.05, 4.69) is 10.3 Å². The highest BCUT2D eigenvalue weighted by molar-refractivity contribution is 5.93. The number of hydrogen-bond acceptors (Lipinski definition) is 3. The number of benzene rings is 1. The molecule has 0 radical (unpaired) electrons. The zero-order valence-corrected chi connectivity index (χ0v) is 13.7. The maximum atomic E-state index is 12.4. The zero-order chi connectivity index (χ0) is 16.9. The van der Waals surface area contributed by atoms with Gasteiger partial charge in [-0.15, -0.1) is 0 Å². The van der Waals surface area contributed by atoms with Crippen molar-refractivity contribution in [3.63, 3.8) is 0 Å². The molecule has 1 aromatic carbocycles. The first-order valence-corrected chi connectivity index (χ1v) is 8.20. The van der Waals surface area contributed by atoms with Gasteiger partial charge in [0.2, 0.25) is 11.8 Å². The molecule has 5 nitrogen and oxygen atoms in total. The molecule has 0 bridgehead atoms. The summed E-state index contributed by atoms with van der Waals surface area (Å²) in [5.41, 5.74) is 2.74. The Morgan fingerprint density at radius 3 is 2.46 bits per heavy atom. The average Bonchev–Trinajstić information content (AvgIpc) is 2.63. The lowest BCUT2D eigenvalue weighted by atomic mass is 9.96. The van der Waals surface area contributed by atoms with E-state index in [1.807, 2.05) is 36.4 Å². The molecule has 1 fully saturated rings. The second-order valence-corrected chi connectivity index (χ2v) is 6.10. The maximum Gasteiger partial charge on any atom is 0.227 e. The minimum Gasteiger partial charge on any atom is -0.343 e. The normalized spacial score (nSPS) is 15.1. The number of aromatic nitrogens is 1. The SMILES string of the molecule is CC(=O)N1CCC(C(=O)Nc2cncc(-c3ccccc3)c2)CC1. The number of likely N-dealkylation sites (tertiary alicyclic amines) is 1. The molecule has 2 amide bonds. The molecule has 1 saturated heterocycles. The van der Waals surface area contributed by atoms with Gasteiger partial charge in [0.1, 0.15) is 0 Å². The van der Waals surface area contributed by atoms with Crippen molar-refractivity contribution >= 4 is 17.5 Å². The maximum absolute atomic E-state index is 12.4. The van der Waals surface area contributed by atoms with Crippen molar-refractivity contribution in [2.45, 2.75) is 19.8 Å². The summed E-state index contributed by atoms with van der Waals surface area (Å²) >= 11 is 0. The van der Waals surface area contributed by atoms with E-state index in [0.29, 0.717) is 31.6 Å². The zero-order valence-electron chi connectivity index (χ0n) is 13.7. The van der Waals surface area contributed by atoms with E-state index in [9.17, 15) is 9.59 Å². The molecule has 2 heterocycles. The van der Waals surface area contributed by atoms with Gasteiger partial charge in [-0.2, -0.15) is 0 Å². The predicted octanol–water partition coefficient (Wildman–Crippen LogP) is 2.95. The van der Waals surface area contributed by atoms with Crippen LogP contribution in [0.5, 0.6) is 0 Å². The molecule has 1 N–H and O–H groups in total. The Labute approximate surface area is 141 Å². The van der Waals surface area contributed by atoms with Crippen LogP contribution >= 0.6 is 0 Å². The number of amides is 2. The fraction of sp³-hybridized carbons (Fsp3) is 0.316. The van der Waals surface area contributed by atoms with Crippen molar-refractivity contribution in [3.8, 4) is 11.1 Å². The van der Waals surface area contributed by atoms with Gasteiger partial charge >= 0.3 is 0 Å². The first kappa shape index (κ1) is 16.2. The van der Waals surface area contributed by atoms with Gasteiger partial charge in [-0.1, -0.05) is 30.3 Å². The van der Waals surface area contributed by atoms with E-state index >= 15 is 0 Å². The van der Waals surface area contributed by atoms with Crippen LogP contribution in [0, 0.1) is 5.92 Å². The Balaban J connectivity index is 1.64. The summed E-state index contributed by atoms with van der Waals surface area (Å²) in [6.07, 6.45) is 4.86. The Bertz CT molecular complexity index is 722. The molecule has 1 aliphatic rings. The number of rotatable bonds is 3. The highest BCUT2D eigenvalue weighted by atomic mass is 16.2. The first-order chi connectivity index (χ1) is 11.6. The van der Waals surface area contributed by atoms with Gasteiger partial charge in [0, 0.05) is 37.7 Å². The standard InChI is InChI=1S/C19H21N3O2/c1-14(23)22-9-7-16(8-10-22)19(24)21-18-11-17(12-20-13-18)15-5-3-2-4-6-15/h2-6,11-13,16H,7-10H2,1H3,(H,21,24). The van der Waals surface area contributed by atoms with Gasteiger partial charge in [0.05, 0.1) is 11.9 Å². The number of carbonyl (C=O) groups is 2. The fourth-order valence-corrected chi connectivity index (χ4v) is 3.00. The van der Waals surface area contributed by atoms with E-state index in [-0.39, 0.29) is 17.7 Å². The van der Waals surface area contributed by atoms with E-state index in [0.717, 1.165) is 11.1 Å². The molecular formula is C19H21N3O2. The third-order valence-electron chi connectivity index (χ3n) is 4.42. The fourth-order valence-electron chi connectivity index (χ4n) is 3.00. The number of piperidine rings is 1. The molecule has 24 heavy (non-hydrogen) atoms. The minimum absolute atomic E-state index is 0.00483. The van der Waals surface area contributed by atoms with Gasteiger partial charge < -0.3 is 10.2 Å². The number of nitrogens with one attached hydrogen (secondary N) is 1. The second kappa shape index (κ2) is 7.25. The monoisotopic (exact) mass is 323 g/mol. The molecule has 1 aromatic heterocycles. The number of pyridine rings is 1. The van der Waals surface area contributed by atoms with E-state index < -0.39 is 0 Å². The lowest BCUT2D eigenvalue weighted by Crippen LogP contribution is -2.40. The van der Waals surface area contributed by atoms with Crippen molar-refractivity contribution in [2.75, 3.05) is 18.4 Å². The molecule has 2 aromatic rings. The topological polar surface area (TPSA) is 62.3 Å². The van der Waals surface area contributed by atoms with Gasteiger partial charge in [-0.3, -0.25) is 14.6 Å². The quantitative estimate of drug-likeness (QED) is 0.944. The van der Waals surface area contributed by atoms with Crippen molar-refractivity contribution in [1.29, 1.82) is 0 Å². The van der Waals surface area contributed by atoms with Crippen LogP contribution in [0.1, 0.15) is 19.8 Å². The van der Waals surface area contributed by atoms with Crippen molar-refractivity contribution < 1.29 is 9.59 Å². The lowest BCUT2D eigenvalue weighted by Gasteiger charge is -2.30. The van der Waals surface area contributed by atoms with Crippen LogP contribution in [-0.4, -0.2) is 34.8 Å². The molecule has 0 atom stereocenters. The van der Waals surface area contributed by atoms with E-state index in [4.69, 9.17) is 0 Å². The Morgan fingerprint density at radius 2 is 1.79 bits per heavy atom. The third kappa shape index (κ3) is 3.79. The van der Waals surface area contributed by atoms with Crippen LogP contribution < -0.4 is 5.32 Å². The van der Waals surface area contributed by atoms with E-state index in [1.165, 1.54) is 0 Å². The molecule has 5 heteroatoms. The van der Waals surface area contributed by atoms with Crippen molar-refractivity contribution in [1.82, 2.24) is 9.88 Å². The molecule has 3 rings (SSSR count). The predicted molar refractivity (Wildman–Crippen MR) is 93.3 cm³/mol. The van der Waals surface area contributed by atoms with Crippen LogP contribution in [0.2, 0.25) is 0 Å². The molecule has 0 spiro atoms. The van der Waals surface area contributed by atoms with Crippen LogP contribution in [0.3, 0.4) is 0 Å². The molecular weight excluding hydrogens is 302 g/mol. The molecule has 0 saturated carbocycles. The van der Waals surface area contributed by atoms with Gasteiger partial charge in [-0.05, 0) is 24.5 Å². The molecule has 124 valence electrons. The summed E-state index contributed by atoms with van der Waals surface area (Å²) in [4.78, 5) is 29.8. The molecule has 0 unspecified atom stereocenters. The van der Waals surface area contributed by atoms with Crippen LogP contribution in [0.25, 0.3) is 11.1 Å². The summed E-state index contributed by atoms with van der Waals surface area (Å²) in [6, 6.07) is 11.9. The van der Waals surface area contributed by atoms with Gasteiger partial charge in [0.15, 0.2) is 0 Å². The Hall–Kier alpha value is -2.69. The van der Waals surface area contributed by atoms with Crippen LogP contribution in [-0.2, 0) is 9.59 Å². The van der Waals surface area contributed by atoms with Crippen LogP contribution in [0.4, 0.5) is 5.69 Å². The van der Waals surface area contributed by atoms with E-state index in [1.54, 1.807) is 24.2 Å². The molecule has 1 aliphatic heterocycles.